The highest BCUT2D eigenvalue weighted by atomic mass is 32.1. The number of ether oxygens (including phenoxy) is 2. The molecule has 154 valence electrons. The zero-order valence-corrected chi connectivity index (χ0v) is 17.5. The number of benzene rings is 1. The van der Waals surface area contributed by atoms with E-state index in [0.717, 1.165) is 10.4 Å². The fourth-order valence-electron chi connectivity index (χ4n) is 2.94. The van der Waals surface area contributed by atoms with E-state index in [-0.39, 0.29) is 6.61 Å². The van der Waals surface area contributed by atoms with Crippen molar-refractivity contribution in [3.05, 3.63) is 46.2 Å². The van der Waals surface area contributed by atoms with Gasteiger partial charge in [-0.2, -0.15) is 0 Å². The van der Waals surface area contributed by atoms with Gasteiger partial charge in [0.15, 0.2) is 0 Å². The first-order valence-corrected chi connectivity index (χ1v) is 9.70. The first-order valence-electron chi connectivity index (χ1n) is 8.92. The van der Waals surface area contributed by atoms with Gasteiger partial charge in [-0.05, 0) is 56.1 Å². The number of nitrogens with zero attached hydrogens (tertiary/aromatic N) is 1. The van der Waals surface area contributed by atoms with Crippen LogP contribution in [0.25, 0.3) is 11.0 Å². The average molecular weight is 417 g/mol. The molecule has 2 amide bonds. The summed E-state index contributed by atoms with van der Waals surface area (Å²) in [6.07, 6.45) is 1.80. The van der Waals surface area contributed by atoms with Crippen molar-refractivity contribution < 1.29 is 23.5 Å². The van der Waals surface area contributed by atoms with Crippen molar-refractivity contribution in [2.24, 2.45) is 5.73 Å². The van der Waals surface area contributed by atoms with Gasteiger partial charge in [0, 0.05) is 18.7 Å². The molecule has 1 atom stereocenters. The topological polar surface area (TPSA) is 117 Å². The molecular weight excluding hydrogens is 394 g/mol. The van der Waals surface area contributed by atoms with Crippen LogP contribution in [0.4, 0.5) is 0 Å². The molecule has 1 aromatic carbocycles. The lowest BCUT2D eigenvalue weighted by atomic mass is 10.0. The summed E-state index contributed by atoms with van der Waals surface area (Å²) in [5.74, 6) is -0.149. The predicted molar refractivity (Wildman–Crippen MR) is 109 cm³/mol. The molecule has 0 spiro atoms. The molecule has 29 heavy (non-hydrogen) atoms. The minimum absolute atomic E-state index is 0.0501. The molecule has 0 aliphatic carbocycles. The summed E-state index contributed by atoms with van der Waals surface area (Å²) in [6, 6.07) is 5.27. The molecule has 0 saturated heterocycles. The van der Waals surface area contributed by atoms with Crippen LogP contribution in [0.1, 0.15) is 33.5 Å². The molecule has 0 saturated carbocycles. The number of fused-ring (bicyclic) bond motifs is 1. The Bertz CT molecular complexity index is 1060. The van der Waals surface area contributed by atoms with Gasteiger partial charge in [0.05, 0.1) is 17.0 Å². The number of rotatable bonds is 8. The van der Waals surface area contributed by atoms with E-state index < -0.39 is 17.4 Å². The number of nitrogens with one attached hydrogen (secondary N) is 1. The van der Waals surface area contributed by atoms with Crippen molar-refractivity contribution in [2.45, 2.75) is 32.9 Å². The Morgan fingerprint density at radius 2 is 2.10 bits per heavy atom. The van der Waals surface area contributed by atoms with Crippen LogP contribution in [0.5, 0.6) is 5.75 Å². The summed E-state index contributed by atoms with van der Waals surface area (Å²) >= 11 is 1.38. The highest BCUT2D eigenvalue weighted by Crippen LogP contribution is 2.30. The van der Waals surface area contributed by atoms with Crippen LogP contribution < -0.4 is 15.8 Å². The third kappa shape index (κ3) is 4.25. The van der Waals surface area contributed by atoms with E-state index in [1.54, 1.807) is 31.3 Å². The molecule has 8 nitrogen and oxygen atoms in total. The number of hydrogen-bond donors (Lipinski definition) is 2. The van der Waals surface area contributed by atoms with Crippen molar-refractivity contribution >= 4 is 34.3 Å². The molecular formula is C20H23N3O5S. The van der Waals surface area contributed by atoms with Gasteiger partial charge in [-0.3, -0.25) is 9.59 Å². The van der Waals surface area contributed by atoms with Gasteiger partial charge in [-0.15, -0.1) is 0 Å². The van der Waals surface area contributed by atoms with Crippen molar-refractivity contribution in [2.75, 3.05) is 13.7 Å². The Labute approximate surface area is 172 Å². The Morgan fingerprint density at radius 3 is 2.72 bits per heavy atom. The highest BCUT2D eigenvalue weighted by Gasteiger charge is 2.34. The van der Waals surface area contributed by atoms with E-state index >= 15 is 0 Å². The van der Waals surface area contributed by atoms with Crippen LogP contribution in [0.2, 0.25) is 0 Å². The number of aryl methyl sites for hydroxylation is 2. The zero-order valence-electron chi connectivity index (χ0n) is 16.7. The minimum atomic E-state index is -1.35. The van der Waals surface area contributed by atoms with E-state index in [9.17, 15) is 9.59 Å². The van der Waals surface area contributed by atoms with Crippen LogP contribution in [0.15, 0.2) is 28.8 Å². The molecule has 2 heterocycles. The van der Waals surface area contributed by atoms with Crippen LogP contribution in [0, 0.1) is 13.8 Å². The lowest BCUT2D eigenvalue weighted by Crippen LogP contribution is -2.58. The SMILES string of the molecule is COCC(C)(NC(=O)c1c(C)oc2ccc(OCc3sncc3C)cc12)C(N)=O. The van der Waals surface area contributed by atoms with E-state index in [4.69, 9.17) is 19.6 Å². The van der Waals surface area contributed by atoms with E-state index in [1.165, 1.54) is 25.6 Å². The number of furan rings is 1. The zero-order chi connectivity index (χ0) is 21.2. The fraction of sp³-hybridized carbons (Fsp3) is 0.350. The third-order valence-electron chi connectivity index (χ3n) is 4.65. The van der Waals surface area contributed by atoms with Crippen molar-refractivity contribution in [3.8, 4) is 5.75 Å². The molecule has 2 aromatic heterocycles. The smallest absolute Gasteiger partial charge is 0.256 e. The number of carbonyl (C=O) groups is 2. The van der Waals surface area contributed by atoms with Gasteiger partial charge in [-0.1, -0.05) is 0 Å². The number of amides is 2. The Morgan fingerprint density at radius 1 is 1.34 bits per heavy atom. The van der Waals surface area contributed by atoms with E-state index in [2.05, 4.69) is 9.69 Å². The van der Waals surface area contributed by atoms with Gasteiger partial charge in [0.25, 0.3) is 5.91 Å². The summed E-state index contributed by atoms with van der Waals surface area (Å²) in [7, 11) is 1.43. The molecule has 0 radical (unpaired) electrons. The number of carbonyl (C=O) groups excluding carboxylic acids is 2. The van der Waals surface area contributed by atoms with Crippen molar-refractivity contribution in [3.63, 3.8) is 0 Å². The Hall–Kier alpha value is -2.91. The molecule has 9 heteroatoms. The molecule has 0 bridgehead atoms. The number of hydrogen-bond acceptors (Lipinski definition) is 7. The fourth-order valence-corrected chi connectivity index (χ4v) is 3.59. The lowest BCUT2D eigenvalue weighted by Gasteiger charge is -2.26. The maximum Gasteiger partial charge on any atom is 0.256 e. The molecule has 0 fully saturated rings. The monoisotopic (exact) mass is 417 g/mol. The van der Waals surface area contributed by atoms with Gasteiger partial charge in [0.1, 0.15) is 29.2 Å². The van der Waals surface area contributed by atoms with E-state index in [1.807, 2.05) is 6.92 Å². The standard InChI is InChI=1S/C20H23N3O5S/c1-11-8-22-29-16(11)9-27-13-5-6-15-14(7-13)17(12(2)28-15)18(24)23-20(3,10-26-4)19(21)25/h5-8H,9-10H2,1-4H3,(H2,21,25)(H,23,24). The second kappa shape index (κ2) is 8.22. The average Bonchev–Trinajstić information content (AvgIpc) is 3.21. The molecule has 0 aliphatic heterocycles. The Kier molecular flexibility index (Phi) is 5.90. The third-order valence-corrected chi connectivity index (χ3v) is 5.52. The first kappa shape index (κ1) is 20.8. The molecule has 3 aromatic rings. The second-order valence-corrected chi connectivity index (χ2v) is 7.88. The summed E-state index contributed by atoms with van der Waals surface area (Å²) in [4.78, 5) is 25.8. The number of primary amides is 1. The largest absolute Gasteiger partial charge is 0.488 e. The van der Waals surface area contributed by atoms with Gasteiger partial charge in [0.2, 0.25) is 5.91 Å². The molecule has 3 rings (SSSR count). The highest BCUT2D eigenvalue weighted by molar-refractivity contribution is 7.05. The Balaban J connectivity index is 1.89. The van der Waals surface area contributed by atoms with Crippen molar-refractivity contribution in [1.82, 2.24) is 9.69 Å². The first-order chi connectivity index (χ1) is 13.7. The normalized spacial score (nSPS) is 13.2. The maximum absolute atomic E-state index is 13.0. The van der Waals surface area contributed by atoms with Gasteiger partial charge in [-0.25, -0.2) is 4.37 Å². The second-order valence-electron chi connectivity index (χ2n) is 7.00. The maximum atomic E-state index is 13.0. The summed E-state index contributed by atoms with van der Waals surface area (Å²) in [5.41, 5.74) is 6.04. The number of nitrogens with two attached hydrogens (primary N) is 1. The summed E-state index contributed by atoms with van der Waals surface area (Å²) in [5, 5.41) is 3.25. The minimum Gasteiger partial charge on any atom is -0.488 e. The summed E-state index contributed by atoms with van der Waals surface area (Å²) < 4.78 is 20.7. The van der Waals surface area contributed by atoms with Gasteiger partial charge < -0.3 is 24.9 Å². The predicted octanol–water partition coefficient (Wildman–Crippen LogP) is 2.71. The quantitative estimate of drug-likeness (QED) is 0.582. The van der Waals surface area contributed by atoms with Crippen molar-refractivity contribution in [1.29, 1.82) is 0 Å². The lowest BCUT2D eigenvalue weighted by molar-refractivity contribution is -0.125. The van der Waals surface area contributed by atoms with E-state index in [0.29, 0.717) is 34.6 Å². The van der Waals surface area contributed by atoms with Gasteiger partial charge >= 0.3 is 0 Å². The molecule has 1 unspecified atom stereocenters. The van der Waals surface area contributed by atoms with Crippen LogP contribution in [-0.4, -0.2) is 35.4 Å². The molecule has 3 N–H and O–H groups in total. The number of methoxy groups -OCH3 is 1. The molecule has 0 aliphatic rings. The summed E-state index contributed by atoms with van der Waals surface area (Å²) in [6.45, 7) is 5.51. The van der Waals surface area contributed by atoms with Crippen LogP contribution in [-0.2, 0) is 16.1 Å². The number of aromatic nitrogens is 1. The van der Waals surface area contributed by atoms with Crippen LogP contribution >= 0.6 is 11.5 Å². The van der Waals surface area contributed by atoms with Crippen LogP contribution in [0.3, 0.4) is 0 Å².